The lowest BCUT2D eigenvalue weighted by molar-refractivity contribution is -0.274. The normalized spacial score (nSPS) is 11.0. The van der Waals surface area contributed by atoms with Gasteiger partial charge in [-0.3, -0.25) is 4.79 Å². The summed E-state index contributed by atoms with van der Waals surface area (Å²) in [5.41, 5.74) is 0.211. The predicted molar refractivity (Wildman–Crippen MR) is 73.6 cm³/mol. The van der Waals surface area contributed by atoms with Crippen molar-refractivity contribution in [2.75, 3.05) is 11.9 Å². The quantitative estimate of drug-likeness (QED) is 0.835. The van der Waals surface area contributed by atoms with E-state index in [1.54, 1.807) is 0 Å². The average Bonchev–Trinajstić information content (AvgIpc) is 2.49. The molecular weight excluding hydrogens is 337 g/mol. The molecule has 2 aromatic rings. The van der Waals surface area contributed by atoms with Crippen molar-refractivity contribution in [3.05, 3.63) is 54.1 Å². The van der Waals surface area contributed by atoms with Gasteiger partial charge in [-0.05, 0) is 36.4 Å². The number of carbonyl (C=O) groups excluding carboxylic acids is 1. The topological polar surface area (TPSA) is 47.6 Å². The van der Waals surface area contributed by atoms with Crippen molar-refractivity contribution < 1.29 is 36.2 Å². The molecule has 128 valence electrons. The molecule has 0 heterocycles. The van der Waals surface area contributed by atoms with Gasteiger partial charge in [-0.15, -0.1) is 13.2 Å². The molecule has 24 heavy (non-hydrogen) atoms. The van der Waals surface area contributed by atoms with E-state index in [0.717, 1.165) is 30.3 Å². The van der Waals surface area contributed by atoms with Crippen molar-refractivity contribution in [2.24, 2.45) is 0 Å². The van der Waals surface area contributed by atoms with Crippen LogP contribution in [0.15, 0.2) is 42.5 Å². The third kappa shape index (κ3) is 5.41. The van der Waals surface area contributed by atoms with Crippen LogP contribution < -0.4 is 14.8 Å². The van der Waals surface area contributed by atoms with Crippen LogP contribution in [-0.2, 0) is 4.79 Å². The number of carbonyl (C=O) groups is 1. The molecule has 0 bridgehead atoms. The molecule has 0 fully saturated rings. The lowest BCUT2D eigenvalue weighted by atomic mass is 10.3. The highest BCUT2D eigenvalue weighted by Crippen LogP contribution is 2.24. The molecule has 9 heteroatoms. The second-order valence-electron chi connectivity index (χ2n) is 4.48. The summed E-state index contributed by atoms with van der Waals surface area (Å²) in [5.74, 6) is -3.28. The number of halogens is 5. The van der Waals surface area contributed by atoms with Gasteiger partial charge in [-0.25, -0.2) is 8.78 Å². The van der Waals surface area contributed by atoms with Crippen molar-refractivity contribution in [3.63, 3.8) is 0 Å². The number of nitrogens with one attached hydrogen (secondary N) is 1. The van der Waals surface area contributed by atoms with Crippen LogP contribution in [-0.4, -0.2) is 18.9 Å². The number of anilines is 1. The van der Waals surface area contributed by atoms with Gasteiger partial charge in [0.25, 0.3) is 5.91 Å². The van der Waals surface area contributed by atoms with Gasteiger partial charge in [-0.2, -0.15) is 0 Å². The van der Waals surface area contributed by atoms with Gasteiger partial charge in [0.1, 0.15) is 11.5 Å². The monoisotopic (exact) mass is 347 g/mol. The van der Waals surface area contributed by atoms with E-state index in [4.69, 9.17) is 4.74 Å². The van der Waals surface area contributed by atoms with Gasteiger partial charge < -0.3 is 14.8 Å². The molecule has 0 radical (unpaired) electrons. The first kappa shape index (κ1) is 17.5. The first-order chi connectivity index (χ1) is 11.2. The zero-order chi connectivity index (χ0) is 17.7. The molecule has 0 aliphatic carbocycles. The Balaban J connectivity index is 1.86. The van der Waals surface area contributed by atoms with E-state index in [-0.39, 0.29) is 11.4 Å². The van der Waals surface area contributed by atoms with E-state index in [2.05, 4.69) is 10.1 Å². The standard InChI is InChI=1S/C15H10F5NO3/c16-12-6-5-11(7-13(12)17)23-8-14(22)21-9-1-3-10(4-2-9)24-15(18,19)20/h1-7H,8H2,(H,21,22). The summed E-state index contributed by atoms with van der Waals surface area (Å²) in [6.45, 7) is -0.494. The first-order valence-corrected chi connectivity index (χ1v) is 6.46. The number of hydrogen-bond donors (Lipinski definition) is 1. The molecule has 2 aromatic carbocycles. The van der Waals surface area contributed by atoms with Gasteiger partial charge in [0.2, 0.25) is 0 Å². The smallest absolute Gasteiger partial charge is 0.484 e. The maximum Gasteiger partial charge on any atom is 0.573 e. The summed E-state index contributed by atoms with van der Waals surface area (Å²) >= 11 is 0. The van der Waals surface area contributed by atoms with Crippen LogP contribution in [0.25, 0.3) is 0 Å². The summed E-state index contributed by atoms with van der Waals surface area (Å²) < 4.78 is 70.4. The van der Waals surface area contributed by atoms with Gasteiger partial charge in [-0.1, -0.05) is 0 Å². The Labute approximate surface area is 132 Å². The van der Waals surface area contributed by atoms with Gasteiger partial charge in [0.15, 0.2) is 18.2 Å². The van der Waals surface area contributed by atoms with Crippen molar-refractivity contribution in [1.82, 2.24) is 0 Å². The highest BCUT2D eigenvalue weighted by molar-refractivity contribution is 5.91. The fourth-order valence-corrected chi connectivity index (χ4v) is 1.65. The van der Waals surface area contributed by atoms with Gasteiger partial charge in [0, 0.05) is 11.8 Å². The number of benzene rings is 2. The number of amides is 1. The first-order valence-electron chi connectivity index (χ1n) is 6.46. The Morgan fingerprint density at radius 1 is 0.958 bits per heavy atom. The Bertz CT molecular complexity index is 716. The van der Waals surface area contributed by atoms with E-state index in [1.807, 2.05) is 0 Å². The molecule has 0 aliphatic heterocycles. The summed E-state index contributed by atoms with van der Waals surface area (Å²) in [4.78, 5) is 11.6. The lowest BCUT2D eigenvalue weighted by Gasteiger charge is -2.10. The predicted octanol–water partition coefficient (Wildman–Crippen LogP) is 3.88. The summed E-state index contributed by atoms with van der Waals surface area (Å²) in [5, 5.41) is 2.36. The fraction of sp³-hybridized carbons (Fsp3) is 0.133. The molecule has 0 aromatic heterocycles. The molecule has 0 unspecified atom stereocenters. The van der Waals surface area contributed by atoms with E-state index >= 15 is 0 Å². The average molecular weight is 347 g/mol. The Morgan fingerprint density at radius 3 is 2.17 bits per heavy atom. The third-order valence-corrected chi connectivity index (χ3v) is 2.63. The van der Waals surface area contributed by atoms with Crippen molar-refractivity contribution >= 4 is 11.6 Å². The van der Waals surface area contributed by atoms with Crippen molar-refractivity contribution in [2.45, 2.75) is 6.36 Å². The van der Waals surface area contributed by atoms with Crippen LogP contribution in [0.3, 0.4) is 0 Å². The minimum absolute atomic E-state index is 0.0435. The zero-order valence-corrected chi connectivity index (χ0v) is 11.9. The third-order valence-electron chi connectivity index (χ3n) is 2.63. The highest BCUT2D eigenvalue weighted by atomic mass is 19.4. The maximum atomic E-state index is 13.0. The Morgan fingerprint density at radius 2 is 1.58 bits per heavy atom. The van der Waals surface area contributed by atoms with Crippen LogP contribution in [0, 0.1) is 11.6 Å². The molecule has 1 N–H and O–H groups in total. The van der Waals surface area contributed by atoms with Crippen LogP contribution >= 0.6 is 0 Å². The SMILES string of the molecule is O=C(COc1ccc(F)c(F)c1)Nc1ccc(OC(F)(F)F)cc1. The minimum atomic E-state index is -4.80. The van der Waals surface area contributed by atoms with E-state index in [0.29, 0.717) is 0 Å². The van der Waals surface area contributed by atoms with Crippen LogP contribution in [0.1, 0.15) is 0 Å². The van der Waals surface area contributed by atoms with Crippen LogP contribution in [0.2, 0.25) is 0 Å². The minimum Gasteiger partial charge on any atom is -0.484 e. The van der Waals surface area contributed by atoms with E-state index < -0.39 is 36.3 Å². The molecule has 0 atom stereocenters. The molecule has 0 spiro atoms. The number of hydrogen-bond acceptors (Lipinski definition) is 3. The number of alkyl halides is 3. The van der Waals surface area contributed by atoms with Crippen LogP contribution in [0.5, 0.6) is 11.5 Å². The number of rotatable bonds is 5. The van der Waals surface area contributed by atoms with Crippen molar-refractivity contribution in [1.29, 1.82) is 0 Å². The molecule has 1 amide bonds. The van der Waals surface area contributed by atoms with Crippen molar-refractivity contribution in [3.8, 4) is 11.5 Å². The highest BCUT2D eigenvalue weighted by Gasteiger charge is 2.30. The van der Waals surface area contributed by atoms with E-state index in [1.165, 1.54) is 12.1 Å². The second-order valence-corrected chi connectivity index (χ2v) is 4.48. The second kappa shape index (κ2) is 7.16. The fourth-order valence-electron chi connectivity index (χ4n) is 1.65. The molecular formula is C15H10F5NO3. The van der Waals surface area contributed by atoms with E-state index in [9.17, 15) is 26.7 Å². The molecule has 4 nitrogen and oxygen atoms in total. The largest absolute Gasteiger partial charge is 0.573 e. The zero-order valence-electron chi connectivity index (χ0n) is 11.9. The Hall–Kier alpha value is -2.84. The summed E-state index contributed by atoms with van der Waals surface area (Å²) in [6.07, 6.45) is -4.80. The molecule has 0 saturated heterocycles. The maximum absolute atomic E-state index is 13.0. The molecule has 2 rings (SSSR count). The molecule has 0 saturated carbocycles. The van der Waals surface area contributed by atoms with Gasteiger partial charge >= 0.3 is 6.36 Å². The van der Waals surface area contributed by atoms with Crippen LogP contribution in [0.4, 0.5) is 27.6 Å². The number of ether oxygens (including phenoxy) is 2. The lowest BCUT2D eigenvalue weighted by Crippen LogP contribution is -2.20. The Kier molecular flexibility index (Phi) is 5.22. The van der Waals surface area contributed by atoms with Gasteiger partial charge in [0.05, 0.1) is 0 Å². The molecule has 0 aliphatic rings. The summed E-state index contributed by atoms with van der Waals surface area (Å²) in [6, 6.07) is 7.24. The summed E-state index contributed by atoms with van der Waals surface area (Å²) in [7, 11) is 0.